The van der Waals surface area contributed by atoms with E-state index < -0.39 is 5.54 Å². The van der Waals surface area contributed by atoms with Gasteiger partial charge in [0.05, 0.1) is 0 Å². The highest BCUT2D eigenvalue weighted by atomic mass is 16.3. The average molecular weight is 339 g/mol. The maximum atomic E-state index is 12.5. The van der Waals surface area contributed by atoms with Crippen molar-refractivity contribution in [1.29, 1.82) is 0 Å². The molecule has 0 atom stereocenters. The van der Waals surface area contributed by atoms with Gasteiger partial charge in [0, 0.05) is 18.7 Å². The largest absolute Gasteiger partial charge is 0.459 e. The number of furan rings is 1. The number of rotatable bonds is 2. The molecule has 0 saturated heterocycles. The summed E-state index contributed by atoms with van der Waals surface area (Å²) in [7, 11) is 0. The fourth-order valence-electron chi connectivity index (χ4n) is 3.15. The molecule has 0 radical (unpaired) electrons. The van der Waals surface area contributed by atoms with Gasteiger partial charge in [0.2, 0.25) is 5.91 Å². The van der Waals surface area contributed by atoms with Crippen LogP contribution in [-0.4, -0.2) is 20.8 Å². The smallest absolute Gasteiger partial charge is 0.225 e. The van der Waals surface area contributed by atoms with E-state index in [1.165, 1.54) is 0 Å². The van der Waals surface area contributed by atoms with Gasteiger partial charge in [-0.05, 0) is 64.8 Å². The summed E-state index contributed by atoms with van der Waals surface area (Å²) in [6.07, 6.45) is 2.01. The second-order valence-corrected chi connectivity index (χ2v) is 7.59. The molecule has 0 spiro atoms. The van der Waals surface area contributed by atoms with Crippen molar-refractivity contribution in [3.8, 4) is 11.5 Å². The van der Waals surface area contributed by atoms with Crippen LogP contribution in [0.2, 0.25) is 0 Å². The van der Waals surface area contributed by atoms with Crippen LogP contribution in [0.15, 0.2) is 28.8 Å². The number of carbonyl (C=O) groups excluding carboxylic acids is 1. The molecule has 3 rings (SSSR count). The highest BCUT2D eigenvalue weighted by molar-refractivity contribution is 5.96. The first-order chi connectivity index (χ1) is 11.6. The van der Waals surface area contributed by atoms with Gasteiger partial charge in [-0.1, -0.05) is 6.07 Å². The molecule has 3 aromatic rings. The van der Waals surface area contributed by atoms with E-state index in [1.54, 1.807) is 11.8 Å². The van der Waals surface area contributed by atoms with Crippen LogP contribution in [0.1, 0.15) is 44.6 Å². The van der Waals surface area contributed by atoms with Crippen molar-refractivity contribution in [2.45, 2.75) is 54.0 Å². The molecule has 5 heteroatoms. The number of hydrogen-bond acceptors (Lipinski definition) is 3. The normalized spacial score (nSPS) is 12.0. The molecule has 0 unspecified atom stereocenters. The van der Waals surface area contributed by atoms with Crippen molar-refractivity contribution >= 4 is 17.4 Å². The quantitative estimate of drug-likeness (QED) is 0.681. The summed E-state index contributed by atoms with van der Waals surface area (Å²) in [6.45, 7) is 13.6. The lowest BCUT2D eigenvalue weighted by Gasteiger charge is -2.34. The number of nitrogens with zero attached hydrogens (tertiary/aromatic N) is 3. The van der Waals surface area contributed by atoms with Crippen LogP contribution in [0.5, 0.6) is 0 Å². The van der Waals surface area contributed by atoms with Crippen LogP contribution in [0.25, 0.3) is 17.1 Å². The summed E-state index contributed by atoms with van der Waals surface area (Å²) in [5.74, 6) is 2.26. The Kier molecular flexibility index (Phi) is 3.98. The molecule has 1 amide bonds. The van der Waals surface area contributed by atoms with Crippen LogP contribution >= 0.6 is 0 Å². The van der Waals surface area contributed by atoms with Crippen LogP contribution in [-0.2, 0) is 4.79 Å². The van der Waals surface area contributed by atoms with E-state index >= 15 is 0 Å². The van der Waals surface area contributed by atoms with Gasteiger partial charge in [-0.3, -0.25) is 14.1 Å². The Morgan fingerprint density at radius 2 is 1.88 bits per heavy atom. The van der Waals surface area contributed by atoms with E-state index in [4.69, 9.17) is 9.40 Å². The Bertz CT molecular complexity index is 938. The highest BCUT2D eigenvalue weighted by Gasteiger charge is 2.32. The minimum Gasteiger partial charge on any atom is -0.459 e. The molecule has 0 aliphatic rings. The number of pyridine rings is 1. The van der Waals surface area contributed by atoms with Crippen LogP contribution in [0.4, 0.5) is 5.82 Å². The topological polar surface area (TPSA) is 50.8 Å². The summed E-state index contributed by atoms with van der Waals surface area (Å²) < 4.78 is 7.91. The Balaban J connectivity index is 2.39. The van der Waals surface area contributed by atoms with Gasteiger partial charge in [0.25, 0.3) is 0 Å². The maximum absolute atomic E-state index is 12.5. The molecule has 0 aromatic carbocycles. The number of amides is 1. The molecule has 0 bridgehead atoms. The van der Waals surface area contributed by atoms with Gasteiger partial charge >= 0.3 is 0 Å². The molecule has 0 aliphatic heterocycles. The lowest BCUT2D eigenvalue weighted by molar-refractivity contribution is -0.117. The second kappa shape index (κ2) is 5.76. The molecular weight excluding hydrogens is 314 g/mol. The molecule has 0 fully saturated rings. The van der Waals surface area contributed by atoms with E-state index in [9.17, 15) is 4.79 Å². The van der Waals surface area contributed by atoms with Crippen molar-refractivity contribution in [1.82, 2.24) is 9.38 Å². The van der Waals surface area contributed by atoms with Crippen molar-refractivity contribution in [2.24, 2.45) is 0 Å². The molecular formula is C20H25N3O2. The van der Waals surface area contributed by atoms with Gasteiger partial charge in [-0.15, -0.1) is 0 Å². The van der Waals surface area contributed by atoms with E-state index in [0.29, 0.717) is 11.5 Å². The number of fused-ring (bicyclic) bond motifs is 1. The molecule has 0 aliphatic carbocycles. The number of anilines is 1. The number of imidazole rings is 1. The summed E-state index contributed by atoms with van der Waals surface area (Å²) >= 11 is 0. The van der Waals surface area contributed by atoms with Gasteiger partial charge in [-0.25, -0.2) is 4.98 Å². The summed E-state index contributed by atoms with van der Waals surface area (Å²) in [5.41, 5.74) is 3.25. The van der Waals surface area contributed by atoms with Crippen molar-refractivity contribution in [2.75, 3.05) is 4.90 Å². The third kappa shape index (κ3) is 2.95. The number of hydrogen-bond donors (Lipinski definition) is 0. The minimum atomic E-state index is -0.392. The van der Waals surface area contributed by atoms with Gasteiger partial charge in [0.1, 0.15) is 17.1 Å². The van der Waals surface area contributed by atoms with Crippen molar-refractivity contribution in [3.05, 3.63) is 41.3 Å². The van der Waals surface area contributed by atoms with Crippen molar-refractivity contribution in [3.63, 3.8) is 0 Å². The Morgan fingerprint density at radius 1 is 1.20 bits per heavy atom. The van der Waals surface area contributed by atoms with E-state index in [-0.39, 0.29) is 5.91 Å². The lowest BCUT2D eigenvalue weighted by atomic mass is 10.1. The van der Waals surface area contributed by atoms with Gasteiger partial charge < -0.3 is 4.42 Å². The zero-order chi connectivity index (χ0) is 18.5. The van der Waals surface area contributed by atoms with Gasteiger partial charge in [-0.2, -0.15) is 0 Å². The van der Waals surface area contributed by atoms with Crippen molar-refractivity contribution < 1.29 is 9.21 Å². The molecule has 3 heterocycles. The third-order valence-corrected chi connectivity index (χ3v) is 4.34. The first-order valence-electron chi connectivity index (χ1n) is 8.46. The highest BCUT2D eigenvalue weighted by Crippen LogP contribution is 2.37. The molecule has 132 valence electrons. The Morgan fingerprint density at radius 3 is 2.40 bits per heavy atom. The molecule has 0 N–H and O–H groups in total. The predicted molar refractivity (Wildman–Crippen MR) is 100 cm³/mol. The van der Waals surface area contributed by atoms with E-state index in [1.807, 2.05) is 70.3 Å². The zero-order valence-electron chi connectivity index (χ0n) is 16.0. The molecule has 0 saturated carbocycles. The summed E-state index contributed by atoms with van der Waals surface area (Å²) in [5, 5.41) is 0. The van der Waals surface area contributed by atoms with Gasteiger partial charge in [0.15, 0.2) is 11.6 Å². The fourth-order valence-corrected chi connectivity index (χ4v) is 3.15. The number of carbonyl (C=O) groups is 1. The van der Waals surface area contributed by atoms with Crippen LogP contribution < -0.4 is 4.90 Å². The molecule has 25 heavy (non-hydrogen) atoms. The Labute approximate surface area is 148 Å². The number of aryl methyl sites for hydroxylation is 3. The Hall–Kier alpha value is -2.56. The lowest BCUT2D eigenvalue weighted by Crippen LogP contribution is -2.45. The predicted octanol–water partition coefficient (Wildman–Crippen LogP) is 4.67. The summed E-state index contributed by atoms with van der Waals surface area (Å²) in [4.78, 5) is 19.1. The zero-order valence-corrected chi connectivity index (χ0v) is 16.0. The standard InChI is InChI=1S/C20H25N3O2/c1-12-8-9-17-21-18(16-10-13(2)14(3)25-16)19(22(17)11-12)23(15(4)24)20(5,6)7/h8-11H,1-7H3. The SMILES string of the molecule is CC(=O)N(c1c(-c2cc(C)c(C)o2)nc2ccc(C)cn12)C(C)(C)C. The van der Waals surface area contributed by atoms with E-state index in [2.05, 4.69) is 0 Å². The monoisotopic (exact) mass is 339 g/mol. The van der Waals surface area contributed by atoms with Crippen LogP contribution in [0.3, 0.4) is 0 Å². The summed E-state index contributed by atoms with van der Waals surface area (Å²) in [6, 6.07) is 5.96. The van der Waals surface area contributed by atoms with Crippen LogP contribution in [0, 0.1) is 20.8 Å². The molecule has 5 nitrogen and oxygen atoms in total. The van der Waals surface area contributed by atoms with E-state index in [0.717, 1.165) is 28.4 Å². The molecule has 3 aromatic heterocycles. The first-order valence-corrected chi connectivity index (χ1v) is 8.46. The number of aromatic nitrogens is 2. The average Bonchev–Trinajstić information content (AvgIpc) is 2.99. The second-order valence-electron chi connectivity index (χ2n) is 7.59. The third-order valence-electron chi connectivity index (χ3n) is 4.34. The first kappa shape index (κ1) is 17.3. The maximum Gasteiger partial charge on any atom is 0.225 e. The fraction of sp³-hybridized carbons (Fsp3) is 0.400. The minimum absolute atomic E-state index is 0.0305.